The zero-order valence-electron chi connectivity index (χ0n) is 20.4. The number of anilines is 2. The van der Waals surface area contributed by atoms with Crippen LogP contribution in [0.25, 0.3) is 30.0 Å². The third kappa shape index (κ3) is 4.98. The largest absolute Gasteiger partial charge is 0.378 e. The third-order valence-electron chi connectivity index (χ3n) is 5.88. The van der Waals surface area contributed by atoms with E-state index >= 15 is 0 Å². The fourth-order valence-electron chi connectivity index (χ4n) is 3.83. The van der Waals surface area contributed by atoms with Gasteiger partial charge in [0.05, 0.1) is 14.1 Å². The van der Waals surface area contributed by atoms with Crippen LogP contribution in [0.5, 0.6) is 0 Å². The second-order valence-corrected chi connectivity index (χ2v) is 8.83. The molecule has 2 heterocycles. The monoisotopic (exact) mass is 439 g/mol. The van der Waals surface area contributed by atoms with Crippen LogP contribution >= 0.6 is 0 Å². The number of rotatable bonds is 6. The van der Waals surface area contributed by atoms with Crippen molar-refractivity contribution in [1.29, 1.82) is 0 Å². The Hall–Kier alpha value is -3.86. The van der Waals surface area contributed by atoms with Gasteiger partial charge in [-0.2, -0.15) is 4.40 Å². The zero-order valence-corrected chi connectivity index (χ0v) is 20.4. The molecule has 0 aliphatic carbocycles. The van der Waals surface area contributed by atoms with Crippen molar-refractivity contribution in [2.75, 3.05) is 38.0 Å². The number of benzene rings is 2. The van der Waals surface area contributed by atoms with Gasteiger partial charge >= 0.3 is 5.65 Å². The minimum Gasteiger partial charge on any atom is -0.378 e. The number of hydrogen-bond donors (Lipinski definition) is 0. The maximum Gasteiger partial charge on any atom is 0.329 e. The summed E-state index contributed by atoms with van der Waals surface area (Å²) >= 11 is 0. The van der Waals surface area contributed by atoms with Gasteiger partial charge in [-0.3, -0.25) is 0 Å². The molecule has 0 atom stereocenters. The summed E-state index contributed by atoms with van der Waals surface area (Å²) in [6, 6.07) is 19.4. The fraction of sp³-hybridized carbons (Fsp3) is 0.214. The molecule has 4 rings (SSSR count). The molecule has 2 aromatic heterocycles. The molecule has 0 aliphatic heterocycles. The molecule has 0 spiro atoms. The minimum atomic E-state index is 1.13. The lowest BCUT2D eigenvalue weighted by Gasteiger charge is -2.11. The SMILES string of the molecule is CN(C)c1ccc(/C=C/c2cc(/C=C/c3ccc(N(C)C)cc3)[n+](C)c3c[n+](C)cn23)cc1. The third-order valence-corrected chi connectivity index (χ3v) is 5.88. The van der Waals surface area contributed by atoms with Gasteiger partial charge in [-0.05, 0) is 47.5 Å². The van der Waals surface area contributed by atoms with Crippen LogP contribution < -0.4 is 18.9 Å². The summed E-state index contributed by atoms with van der Waals surface area (Å²) in [4.78, 5) is 4.22. The Bertz CT molecular complexity index is 1310. The lowest BCUT2D eigenvalue weighted by molar-refractivity contribution is -0.679. The molecule has 0 saturated carbocycles. The van der Waals surface area contributed by atoms with Crippen molar-refractivity contribution in [1.82, 2.24) is 4.40 Å². The van der Waals surface area contributed by atoms with Crippen molar-refractivity contribution in [2.45, 2.75) is 0 Å². The van der Waals surface area contributed by atoms with Crippen LogP contribution in [-0.4, -0.2) is 32.6 Å². The number of hydrogen-bond acceptors (Lipinski definition) is 2. The van der Waals surface area contributed by atoms with E-state index in [2.05, 4.69) is 157 Å². The Morgan fingerprint density at radius 1 is 0.697 bits per heavy atom. The molecule has 2 aromatic carbocycles. The van der Waals surface area contributed by atoms with E-state index in [0.717, 1.165) is 17.0 Å². The molecule has 4 aromatic rings. The molecule has 0 unspecified atom stereocenters. The van der Waals surface area contributed by atoms with Crippen molar-refractivity contribution in [3.63, 3.8) is 0 Å². The standard InChI is InChI=1S/C28H33N5/c1-29(2)24-13-7-22(8-14-24)11-17-26-19-27(33-21-31(5)20-28(33)32(26)6)18-12-23-9-15-25(16-10-23)30(3)4/h7-21H,1-6H3/q+2. The maximum absolute atomic E-state index is 2.22. The molecule has 5 heteroatoms. The van der Waals surface area contributed by atoms with Gasteiger partial charge in [0.2, 0.25) is 0 Å². The lowest BCUT2D eigenvalue weighted by atomic mass is 10.1. The predicted molar refractivity (Wildman–Crippen MR) is 139 cm³/mol. The Morgan fingerprint density at radius 2 is 1.21 bits per heavy atom. The molecule has 0 aliphatic rings. The van der Waals surface area contributed by atoms with Crippen LogP contribution in [0.15, 0.2) is 67.1 Å². The van der Waals surface area contributed by atoms with Crippen molar-refractivity contribution in [3.8, 4) is 0 Å². The molecule has 0 amide bonds. The average Bonchev–Trinajstić information content (AvgIpc) is 3.20. The predicted octanol–water partition coefficient (Wildman–Crippen LogP) is 4.06. The van der Waals surface area contributed by atoms with Gasteiger partial charge in [0.25, 0.3) is 6.33 Å². The molecule has 0 N–H and O–H groups in total. The van der Waals surface area contributed by atoms with Gasteiger partial charge in [0.15, 0.2) is 6.20 Å². The van der Waals surface area contributed by atoms with Crippen LogP contribution in [0.4, 0.5) is 11.4 Å². The number of aryl methyl sites for hydroxylation is 2. The second kappa shape index (κ2) is 9.33. The Morgan fingerprint density at radius 3 is 1.73 bits per heavy atom. The van der Waals surface area contributed by atoms with Crippen LogP contribution in [-0.2, 0) is 14.1 Å². The van der Waals surface area contributed by atoms with Crippen molar-refractivity contribution >= 4 is 41.3 Å². The normalized spacial score (nSPS) is 11.7. The average molecular weight is 440 g/mol. The quantitative estimate of drug-likeness (QED) is 0.422. The second-order valence-electron chi connectivity index (χ2n) is 8.83. The van der Waals surface area contributed by atoms with E-state index in [1.54, 1.807) is 0 Å². The van der Waals surface area contributed by atoms with Gasteiger partial charge in [0.1, 0.15) is 11.4 Å². The van der Waals surface area contributed by atoms with Crippen LogP contribution in [0.3, 0.4) is 0 Å². The topological polar surface area (TPSA) is 18.6 Å². The summed E-state index contributed by atoms with van der Waals surface area (Å²) in [5.41, 5.74) is 8.15. The highest BCUT2D eigenvalue weighted by atomic mass is 15.2. The van der Waals surface area contributed by atoms with Crippen molar-refractivity contribution in [3.05, 3.63) is 89.6 Å². The molecule has 5 nitrogen and oxygen atoms in total. The molecule has 0 radical (unpaired) electrons. The molecule has 0 saturated heterocycles. The van der Waals surface area contributed by atoms with Crippen molar-refractivity contribution in [2.24, 2.45) is 14.1 Å². The summed E-state index contributed by atoms with van der Waals surface area (Å²) in [6.07, 6.45) is 13.0. The number of imidazole rings is 1. The first kappa shape index (κ1) is 22.3. The Labute approximate surface area is 196 Å². The molecular formula is C28H33N5+2. The number of fused-ring (bicyclic) bond motifs is 1. The first-order valence-electron chi connectivity index (χ1n) is 11.1. The highest BCUT2D eigenvalue weighted by Gasteiger charge is 2.16. The van der Waals surface area contributed by atoms with E-state index in [4.69, 9.17) is 0 Å². The molecule has 0 fully saturated rings. The van der Waals surface area contributed by atoms with E-state index < -0.39 is 0 Å². The highest BCUT2D eigenvalue weighted by molar-refractivity contribution is 5.73. The first-order valence-corrected chi connectivity index (χ1v) is 11.1. The van der Waals surface area contributed by atoms with Crippen LogP contribution in [0, 0.1) is 0 Å². The number of aromatic nitrogens is 3. The summed E-state index contributed by atoms with van der Waals surface area (Å²) in [6.45, 7) is 0. The van der Waals surface area contributed by atoms with E-state index in [1.807, 2.05) is 0 Å². The molecule has 0 bridgehead atoms. The molecular weight excluding hydrogens is 406 g/mol. The lowest BCUT2D eigenvalue weighted by Crippen LogP contribution is -2.34. The first-order chi connectivity index (χ1) is 15.8. The molecule has 168 valence electrons. The van der Waals surface area contributed by atoms with Crippen LogP contribution in [0.2, 0.25) is 0 Å². The smallest absolute Gasteiger partial charge is 0.329 e. The van der Waals surface area contributed by atoms with E-state index in [9.17, 15) is 0 Å². The van der Waals surface area contributed by atoms with Gasteiger partial charge in [-0.25, -0.2) is 9.13 Å². The summed E-state index contributed by atoms with van der Waals surface area (Å²) in [7, 11) is 12.4. The highest BCUT2D eigenvalue weighted by Crippen LogP contribution is 2.17. The van der Waals surface area contributed by atoms with Gasteiger partial charge in [-0.1, -0.05) is 36.4 Å². The van der Waals surface area contributed by atoms with E-state index in [-0.39, 0.29) is 0 Å². The summed E-state index contributed by atoms with van der Waals surface area (Å²) in [5, 5.41) is 0. The number of nitrogens with zero attached hydrogens (tertiary/aromatic N) is 5. The summed E-state index contributed by atoms with van der Waals surface area (Å²) in [5.74, 6) is 0. The zero-order chi connectivity index (χ0) is 23.5. The van der Waals surface area contributed by atoms with Gasteiger partial charge in [0, 0.05) is 45.6 Å². The van der Waals surface area contributed by atoms with E-state index in [1.165, 1.54) is 22.5 Å². The Kier molecular flexibility index (Phi) is 6.31. The fourth-order valence-corrected chi connectivity index (χ4v) is 3.83. The maximum atomic E-state index is 2.22. The summed E-state index contributed by atoms with van der Waals surface area (Å²) < 4.78 is 6.52. The molecule has 33 heavy (non-hydrogen) atoms. The Balaban J connectivity index is 1.68. The van der Waals surface area contributed by atoms with Gasteiger partial charge in [-0.15, -0.1) is 0 Å². The minimum absolute atomic E-state index is 1.13. The van der Waals surface area contributed by atoms with Crippen LogP contribution in [0.1, 0.15) is 22.5 Å². The van der Waals surface area contributed by atoms with Crippen molar-refractivity contribution < 1.29 is 9.13 Å². The van der Waals surface area contributed by atoms with Gasteiger partial charge < -0.3 is 9.80 Å². The van der Waals surface area contributed by atoms with E-state index in [0.29, 0.717) is 0 Å².